The van der Waals surface area contributed by atoms with Crippen molar-refractivity contribution in [3.63, 3.8) is 0 Å². The molecule has 2 aromatic carbocycles. The number of halogens is 1. The van der Waals surface area contributed by atoms with E-state index in [1.165, 1.54) is 56.2 Å². The Kier molecular flexibility index (Phi) is 11.1. The molecule has 0 amide bonds. The third kappa shape index (κ3) is 7.85. The van der Waals surface area contributed by atoms with Crippen LogP contribution >= 0.6 is 12.4 Å². The topological polar surface area (TPSA) is 21.7 Å². The number of aryl methyl sites for hydroxylation is 2. The van der Waals surface area contributed by atoms with E-state index < -0.39 is 0 Å². The molecule has 2 aromatic rings. The van der Waals surface area contributed by atoms with Crippen LogP contribution in [0.25, 0.3) is 0 Å². The molecular weight excluding hydrogens is 394 g/mol. The minimum atomic E-state index is 0. The van der Waals surface area contributed by atoms with Gasteiger partial charge in [0.25, 0.3) is 0 Å². The van der Waals surface area contributed by atoms with E-state index in [0.29, 0.717) is 6.04 Å². The van der Waals surface area contributed by atoms with E-state index >= 15 is 0 Å². The van der Waals surface area contributed by atoms with Gasteiger partial charge < -0.3 is 14.4 Å². The summed E-state index contributed by atoms with van der Waals surface area (Å²) in [6.45, 7) is 2.06. The molecular formula is C26H38ClNO2. The fourth-order valence-electron chi connectivity index (χ4n) is 4.33. The number of methoxy groups -OCH3 is 1. The van der Waals surface area contributed by atoms with Crippen LogP contribution in [-0.2, 0) is 12.8 Å². The zero-order chi connectivity index (χ0) is 20.3. The second-order valence-corrected chi connectivity index (χ2v) is 8.29. The molecule has 0 aliphatic carbocycles. The van der Waals surface area contributed by atoms with Crippen LogP contribution in [0.2, 0.25) is 0 Å². The molecule has 4 heteroatoms. The summed E-state index contributed by atoms with van der Waals surface area (Å²) in [7, 11) is 3.97. The highest BCUT2D eigenvalue weighted by atomic mass is 35.5. The Hall–Kier alpha value is -1.71. The Morgan fingerprint density at radius 3 is 2.53 bits per heavy atom. The number of hydrogen-bond acceptors (Lipinski definition) is 3. The second kappa shape index (κ2) is 13.6. The first-order chi connectivity index (χ1) is 14.3. The average Bonchev–Trinajstić information content (AvgIpc) is 3.16. The SMILES string of the molecule is COc1cccc(CCCCCCc2ccccc2OCCC2CCCN2C)c1.Cl. The molecule has 3 rings (SSSR count). The summed E-state index contributed by atoms with van der Waals surface area (Å²) in [6, 6.07) is 17.7. The van der Waals surface area contributed by atoms with Gasteiger partial charge in [-0.15, -0.1) is 12.4 Å². The normalized spacial score (nSPS) is 16.3. The lowest BCUT2D eigenvalue weighted by molar-refractivity contribution is 0.232. The molecule has 0 radical (unpaired) electrons. The molecule has 1 aliphatic heterocycles. The van der Waals surface area contributed by atoms with Gasteiger partial charge in [0.15, 0.2) is 0 Å². The van der Waals surface area contributed by atoms with Gasteiger partial charge in [-0.05, 0) is 87.9 Å². The number of unbranched alkanes of at least 4 members (excludes halogenated alkanes) is 3. The number of ether oxygens (including phenoxy) is 2. The van der Waals surface area contributed by atoms with Gasteiger partial charge in [-0.3, -0.25) is 0 Å². The highest BCUT2D eigenvalue weighted by Gasteiger charge is 2.20. The molecule has 0 spiro atoms. The zero-order valence-electron chi connectivity index (χ0n) is 18.6. The van der Waals surface area contributed by atoms with Crippen molar-refractivity contribution in [2.24, 2.45) is 0 Å². The van der Waals surface area contributed by atoms with Gasteiger partial charge >= 0.3 is 0 Å². The van der Waals surface area contributed by atoms with Crippen LogP contribution in [0.1, 0.15) is 56.1 Å². The van der Waals surface area contributed by atoms with Crippen molar-refractivity contribution in [3.8, 4) is 11.5 Å². The van der Waals surface area contributed by atoms with Crippen molar-refractivity contribution in [1.82, 2.24) is 4.90 Å². The monoisotopic (exact) mass is 431 g/mol. The van der Waals surface area contributed by atoms with E-state index in [1.807, 2.05) is 6.07 Å². The third-order valence-electron chi connectivity index (χ3n) is 6.15. The van der Waals surface area contributed by atoms with Gasteiger partial charge in [-0.1, -0.05) is 43.2 Å². The van der Waals surface area contributed by atoms with Crippen LogP contribution in [0.15, 0.2) is 48.5 Å². The number of rotatable bonds is 12. The van der Waals surface area contributed by atoms with Gasteiger partial charge in [0.2, 0.25) is 0 Å². The molecule has 166 valence electrons. The average molecular weight is 432 g/mol. The molecule has 1 atom stereocenters. The Balaban J connectivity index is 0.00000320. The molecule has 0 saturated carbocycles. The zero-order valence-corrected chi connectivity index (χ0v) is 19.5. The van der Waals surface area contributed by atoms with Gasteiger partial charge in [0.05, 0.1) is 13.7 Å². The summed E-state index contributed by atoms with van der Waals surface area (Å²) in [6.07, 6.45) is 11.0. The first-order valence-electron chi connectivity index (χ1n) is 11.3. The molecule has 30 heavy (non-hydrogen) atoms. The highest BCUT2D eigenvalue weighted by molar-refractivity contribution is 5.85. The number of benzene rings is 2. The maximum absolute atomic E-state index is 6.17. The quantitative estimate of drug-likeness (QED) is 0.366. The Labute approximate surface area is 189 Å². The molecule has 0 bridgehead atoms. The van der Waals surface area contributed by atoms with Crippen molar-refractivity contribution >= 4 is 12.4 Å². The predicted molar refractivity (Wildman–Crippen MR) is 128 cm³/mol. The minimum Gasteiger partial charge on any atom is -0.497 e. The summed E-state index contributed by atoms with van der Waals surface area (Å²) in [5.41, 5.74) is 2.73. The van der Waals surface area contributed by atoms with Crippen LogP contribution < -0.4 is 9.47 Å². The third-order valence-corrected chi connectivity index (χ3v) is 6.15. The van der Waals surface area contributed by atoms with E-state index in [4.69, 9.17) is 9.47 Å². The van der Waals surface area contributed by atoms with Crippen LogP contribution in [-0.4, -0.2) is 38.3 Å². The van der Waals surface area contributed by atoms with Crippen LogP contribution in [0.4, 0.5) is 0 Å². The molecule has 1 aliphatic rings. The molecule has 1 unspecified atom stereocenters. The molecule has 0 N–H and O–H groups in total. The Morgan fingerprint density at radius 2 is 1.77 bits per heavy atom. The van der Waals surface area contributed by atoms with E-state index in [2.05, 4.69) is 54.4 Å². The summed E-state index contributed by atoms with van der Waals surface area (Å²) >= 11 is 0. The second-order valence-electron chi connectivity index (χ2n) is 8.29. The largest absolute Gasteiger partial charge is 0.497 e. The van der Waals surface area contributed by atoms with Gasteiger partial charge in [0.1, 0.15) is 11.5 Å². The maximum atomic E-state index is 6.17. The number of para-hydroxylation sites is 1. The van der Waals surface area contributed by atoms with Gasteiger partial charge in [-0.25, -0.2) is 0 Å². The number of hydrogen-bond donors (Lipinski definition) is 0. The number of likely N-dealkylation sites (tertiary alicyclic amines) is 1. The lowest BCUT2D eigenvalue weighted by Gasteiger charge is -2.20. The highest BCUT2D eigenvalue weighted by Crippen LogP contribution is 2.23. The summed E-state index contributed by atoms with van der Waals surface area (Å²) in [4.78, 5) is 2.47. The molecule has 1 saturated heterocycles. The Morgan fingerprint density at radius 1 is 0.967 bits per heavy atom. The van der Waals surface area contributed by atoms with E-state index in [0.717, 1.165) is 37.4 Å². The van der Waals surface area contributed by atoms with Crippen molar-refractivity contribution in [2.45, 2.75) is 63.8 Å². The predicted octanol–water partition coefficient (Wildman–Crippen LogP) is 6.33. The van der Waals surface area contributed by atoms with Crippen molar-refractivity contribution in [2.75, 3.05) is 27.3 Å². The summed E-state index contributed by atoms with van der Waals surface area (Å²) in [5, 5.41) is 0. The fraction of sp³-hybridized carbons (Fsp3) is 0.538. The van der Waals surface area contributed by atoms with Crippen molar-refractivity contribution in [1.29, 1.82) is 0 Å². The van der Waals surface area contributed by atoms with Crippen molar-refractivity contribution < 1.29 is 9.47 Å². The Bertz CT molecular complexity index is 736. The van der Waals surface area contributed by atoms with E-state index in [1.54, 1.807) is 7.11 Å². The van der Waals surface area contributed by atoms with Crippen molar-refractivity contribution in [3.05, 3.63) is 59.7 Å². The standard InChI is InChI=1S/C26H37NO2.ClH/c1-27-19-10-15-24(27)18-20-29-26-17-8-7-14-23(26)13-6-4-3-5-11-22-12-9-16-25(21-22)28-2;/h7-9,12,14,16-17,21,24H,3-6,10-11,13,15,18-20H2,1-2H3;1H. The van der Waals surface area contributed by atoms with E-state index in [-0.39, 0.29) is 12.4 Å². The fourth-order valence-corrected chi connectivity index (χ4v) is 4.33. The maximum Gasteiger partial charge on any atom is 0.122 e. The lowest BCUT2D eigenvalue weighted by atomic mass is 10.0. The summed E-state index contributed by atoms with van der Waals surface area (Å²) < 4.78 is 11.5. The minimum absolute atomic E-state index is 0. The van der Waals surface area contributed by atoms with Gasteiger partial charge in [-0.2, -0.15) is 0 Å². The molecule has 1 fully saturated rings. The summed E-state index contributed by atoms with van der Waals surface area (Å²) in [5.74, 6) is 2.04. The van der Waals surface area contributed by atoms with Crippen LogP contribution in [0.5, 0.6) is 11.5 Å². The van der Waals surface area contributed by atoms with Crippen LogP contribution in [0.3, 0.4) is 0 Å². The van der Waals surface area contributed by atoms with E-state index in [9.17, 15) is 0 Å². The molecule has 1 heterocycles. The first kappa shape index (κ1) is 24.6. The molecule has 0 aromatic heterocycles. The van der Waals surface area contributed by atoms with Gasteiger partial charge in [0, 0.05) is 6.04 Å². The first-order valence-corrected chi connectivity index (χ1v) is 11.3. The molecule has 3 nitrogen and oxygen atoms in total. The lowest BCUT2D eigenvalue weighted by Crippen LogP contribution is -2.26. The smallest absolute Gasteiger partial charge is 0.122 e. The number of nitrogens with zero attached hydrogens (tertiary/aromatic N) is 1. The van der Waals surface area contributed by atoms with Crippen LogP contribution in [0, 0.1) is 0 Å².